The summed E-state index contributed by atoms with van der Waals surface area (Å²) in [6, 6.07) is 9.56. The van der Waals surface area contributed by atoms with E-state index in [1.807, 2.05) is 24.3 Å². The molecule has 0 bridgehead atoms. The highest BCUT2D eigenvalue weighted by atomic mass is 16.1. The van der Waals surface area contributed by atoms with E-state index in [0.717, 1.165) is 24.2 Å². The number of anilines is 2. The molecule has 1 aromatic heterocycles. The van der Waals surface area contributed by atoms with Gasteiger partial charge in [0.2, 0.25) is 0 Å². The number of benzene rings is 1. The largest absolute Gasteiger partial charge is 0.370 e. The van der Waals surface area contributed by atoms with Crippen LogP contribution < -0.4 is 10.6 Å². The second kappa shape index (κ2) is 8.60. The summed E-state index contributed by atoms with van der Waals surface area (Å²) in [5.41, 5.74) is 2.21. The van der Waals surface area contributed by atoms with Crippen LogP contribution in [0.1, 0.15) is 63.0 Å². The molecule has 2 rings (SSSR count). The second-order valence-electron chi connectivity index (χ2n) is 7.17. The number of hydrogen-bond donors (Lipinski definition) is 2. The summed E-state index contributed by atoms with van der Waals surface area (Å²) < 4.78 is 0. The molecular formula is C20H28N4O. The summed E-state index contributed by atoms with van der Waals surface area (Å²) in [5, 5.41) is 6.22. The lowest BCUT2D eigenvalue weighted by atomic mass is 9.86. The highest BCUT2D eigenvalue weighted by Gasteiger charge is 2.19. The molecule has 2 N–H and O–H groups in total. The zero-order valence-electron chi connectivity index (χ0n) is 15.6. The van der Waals surface area contributed by atoms with Crippen molar-refractivity contribution in [3.63, 3.8) is 0 Å². The molecule has 25 heavy (non-hydrogen) atoms. The number of nitrogens with one attached hydrogen (secondary N) is 2. The molecule has 0 radical (unpaired) electrons. The van der Waals surface area contributed by atoms with Crippen LogP contribution in [0.5, 0.6) is 0 Å². The molecule has 0 aliphatic rings. The molecule has 1 heterocycles. The van der Waals surface area contributed by atoms with Gasteiger partial charge in [-0.1, -0.05) is 58.7 Å². The molecule has 134 valence electrons. The normalized spacial score (nSPS) is 11.2. The number of rotatable bonds is 7. The van der Waals surface area contributed by atoms with Crippen LogP contribution in [0.2, 0.25) is 0 Å². The standard InChI is InChI=1S/C20H28N4O/c1-5-6-9-12-21-18-13-17(22-14-23-18)19(25)24-16-11-8-7-10-15(16)20(2,3)4/h7-8,10-11,13-14H,5-6,9,12H2,1-4H3,(H,24,25)(H,21,22,23). The van der Waals surface area contributed by atoms with Crippen LogP contribution in [-0.2, 0) is 5.41 Å². The number of hydrogen-bond acceptors (Lipinski definition) is 4. The molecule has 0 atom stereocenters. The van der Waals surface area contributed by atoms with E-state index < -0.39 is 0 Å². The minimum absolute atomic E-state index is 0.0540. The van der Waals surface area contributed by atoms with Crippen molar-refractivity contribution >= 4 is 17.4 Å². The quantitative estimate of drug-likeness (QED) is 0.721. The SMILES string of the molecule is CCCCCNc1cc(C(=O)Nc2ccccc2C(C)(C)C)ncn1. The van der Waals surface area contributed by atoms with Gasteiger partial charge in [-0.05, 0) is 23.5 Å². The van der Waals surface area contributed by atoms with Crippen LogP contribution in [0.4, 0.5) is 11.5 Å². The van der Waals surface area contributed by atoms with Crippen molar-refractivity contribution < 1.29 is 4.79 Å². The fraction of sp³-hybridized carbons (Fsp3) is 0.450. The molecule has 0 spiro atoms. The number of unbranched alkanes of at least 4 members (excludes halogenated alkanes) is 2. The molecule has 0 aliphatic carbocycles. The predicted octanol–water partition coefficient (Wildman–Crippen LogP) is 4.63. The third-order valence-electron chi connectivity index (χ3n) is 3.97. The Kier molecular flexibility index (Phi) is 6.51. The lowest BCUT2D eigenvalue weighted by molar-refractivity contribution is 0.102. The number of amides is 1. The van der Waals surface area contributed by atoms with E-state index in [1.165, 1.54) is 19.2 Å². The highest BCUT2D eigenvalue weighted by Crippen LogP contribution is 2.29. The summed E-state index contributed by atoms with van der Waals surface area (Å²) in [6.45, 7) is 9.39. The molecule has 5 heteroatoms. The monoisotopic (exact) mass is 340 g/mol. The first kappa shape index (κ1) is 18.9. The van der Waals surface area contributed by atoms with E-state index >= 15 is 0 Å². The van der Waals surface area contributed by atoms with E-state index in [4.69, 9.17) is 0 Å². The second-order valence-corrected chi connectivity index (χ2v) is 7.17. The Bertz CT molecular complexity index is 707. The van der Waals surface area contributed by atoms with Gasteiger partial charge in [-0.3, -0.25) is 4.79 Å². The Labute approximate surface area is 150 Å². The van der Waals surface area contributed by atoms with Gasteiger partial charge < -0.3 is 10.6 Å². The van der Waals surface area contributed by atoms with Crippen LogP contribution in [-0.4, -0.2) is 22.4 Å². The van der Waals surface area contributed by atoms with Crippen molar-refractivity contribution in [2.45, 2.75) is 52.4 Å². The topological polar surface area (TPSA) is 66.9 Å². The van der Waals surface area contributed by atoms with Crippen LogP contribution in [0.25, 0.3) is 0 Å². The molecule has 2 aromatic rings. The van der Waals surface area contributed by atoms with Crippen molar-refractivity contribution in [1.82, 2.24) is 9.97 Å². The molecule has 0 unspecified atom stereocenters. The van der Waals surface area contributed by atoms with E-state index in [-0.39, 0.29) is 11.3 Å². The van der Waals surface area contributed by atoms with Gasteiger partial charge in [-0.2, -0.15) is 0 Å². The maximum atomic E-state index is 12.6. The van der Waals surface area contributed by atoms with E-state index in [1.54, 1.807) is 6.07 Å². The van der Waals surface area contributed by atoms with Crippen LogP contribution >= 0.6 is 0 Å². The van der Waals surface area contributed by atoms with Gasteiger partial charge in [-0.25, -0.2) is 9.97 Å². The van der Waals surface area contributed by atoms with Crippen molar-refractivity contribution in [3.05, 3.63) is 47.9 Å². The van der Waals surface area contributed by atoms with Gasteiger partial charge in [0.05, 0.1) is 0 Å². The minimum atomic E-state index is -0.226. The Morgan fingerprint density at radius 3 is 2.60 bits per heavy atom. The van der Waals surface area contributed by atoms with Gasteiger partial charge in [-0.15, -0.1) is 0 Å². The zero-order valence-corrected chi connectivity index (χ0v) is 15.6. The maximum absolute atomic E-state index is 12.6. The first-order valence-electron chi connectivity index (χ1n) is 8.88. The van der Waals surface area contributed by atoms with E-state index in [9.17, 15) is 4.79 Å². The Balaban J connectivity index is 2.09. The third kappa shape index (κ3) is 5.55. The summed E-state index contributed by atoms with van der Waals surface area (Å²) in [5.74, 6) is 0.455. The minimum Gasteiger partial charge on any atom is -0.370 e. The van der Waals surface area contributed by atoms with Crippen LogP contribution in [0, 0.1) is 0 Å². The zero-order chi connectivity index (χ0) is 18.3. The molecule has 1 aromatic carbocycles. The van der Waals surface area contributed by atoms with Gasteiger partial charge in [0, 0.05) is 18.3 Å². The van der Waals surface area contributed by atoms with Crippen molar-refractivity contribution in [3.8, 4) is 0 Å². The van der Waals surface area contributed by atoms with Crippen LogP contribution in [0.3, 0.4) is 0 Å². The van der Waals surface area contributed by atoms with Gasteiger partial charge in [0.15, 0.2) is 0 Å². The summed E-state index contributed by atoms with van der Waals surface area (Å²) in [6.07, 6.45) is 4.86. The molecule has 5 nitrogen and oxygen atoms in total. The maximum Gasteiger partial charge on any atom is 0.274 e. The molecule has 0 saturated heterocycles. The summed E-state index contributed by atoms with van der Waals surface area (Å²) in [4.78, 5) is 20.9. The number of para-hydroxylation sites is 1. The molecule has 0 aliphatic heterocycles. The molecule has 1 amide bonds. The Hall–Kier alpha value is -2.43. The molecule has 0 saturated carbocycles. The fourth-order valence-electron chi connectivity index (χ4n) is 2.60. The van der Waals surface area contributed by atoms with Crippen molar-refractivity contribution in [2.75, 3.05) is 17.2 Å². The smallest absolute Gasteiger partial charge is 0.274 e. The Morgan fingerprint density at radius 1 is 1.12 bits per heavy atom. The number of carbonyl (C=O) groups is 1. The lowest BCUT2D eigenvalue weighted by Gasteiger charge is -2.22. The van der Waals surface area contributed by atoms with Gasteiger partial charge in [0.1, 0.15) is 17.8 Å². The Morgan fingerprint density at radius 2 is 1.88 bits per heavy atom. The first-order chi connectivity index (χ1) is 11.9. The van der Waals surface area contributed by atoms with Crippen molar-refractivity contribution in [1.29, 1.82) is 0 Å². The summed E-state index contributed by atoms with van der Waals surface area (Å²) in [7, 11) is 0. The molecule has 0 fully saturated rings. The lowest BCUT2D eigenvalue weighted by Crippen LogP contribution is -2.19. The number of aromatic nitrogens is 2. The predicted molar refractivity (Wildman–Crippen MR) is 103 cm³/mol. The summed E-state index contributed by atoms with van der Waals surface area (Å²) >= 11 is 0. The van der Waals surface area contributed by atoms with Crippen LogP contribution in [0.15, 0.2) is 36.7 Å². The van der Waals surface area contributed by atoms with E-state index in [2.05, 4.69) is 48.3 Å². The first-order valence-corrected chi connectivity index (χ1v) is 8.88. The fourth-order valence-corrected chi connectivity index (χ4v) is 2.60. The number of nitrogens with zero attached hydrogens (tertiary/aromatic N) is 2. The molecular weight excluding hydrogens is 312 g/mol. The average Bonchev–Trinajstić information content (AvgIpc) is 2.58. The number of carbonyl (C=O) groups excluding carboxylic acids is 1. The van der Waals surface area contributed by atoms with Crippen molar-refractivity contribution in [2.24, 2.45) is 0 Å². The van der Waals surface area contributed by atoms with Gasteiger partial charge in [0.25, 0.3) is 5.91 Å². The van der Waals surface area contributed by atoms with E-state index in [0.29, 0.717) is 11.5 Å². The average molecular weight is 340 g/mol. The van der Waals surface area contributed by atoms with Gasteiger partial charge >= 0.3 is 0 Å². The highest BCUT2D eigenvalue weighted by molar-refractivity contribution is 6.03. The third-order valence-corrected chi connectivity index (χ3v) is 3.97.